The molecule has 0 radical (unpaired) electrons. The van der Waals surface area contributed by atoms with Crippen molar-refractivity contribution in [2.45, 2.75) is 289 Å². The number of carbonyl (C=O) groups is 4. The molecule has 1 aliphatic rings. The van der Waals surface area contributed by atoms with Crippen molar-refractivity contribution in [3.05, 3.63) is 85.1 Å². The second-order valence-electron chi connectivity index (χ2n) is 20.6. The maximum Gasteiger partial charge on any atom is 0.335 e. The van der Waals surface area contributed by atoms with Gasteiger partial charge in [-0.3, -0.25) is 14.4 Å². The fourth-order valence-corrected chi connectivity index (χ4v) is 8.84. The summed E-state index contributed by atoms with van der Waals surface area (Å²) >= 11 is 0. The molecular formula is C65H108O12. The molecule has 12 nitrogen and oxygen atoms in total. The Bertz CT molecular complexity index is 1660. The van der Waals surface area contributed by atoms with E-state index in [1.807, 2.05) is 0 Å². The first-order chi connectivity index (χ1) is 37.6. The average Bonchev–Trinajstić information content (AvgIpc) is 3.43. The van der Waals surface area contributed by atoms with Gasteiger partial charge in [-0.2, -0.15) is 0 Å². The van der Waals surface area contributed by atoms with Crippen LogP contribution in [0.5, 0.6) is 0 Å². The summed E-state index contributed by atoms with van der Waals surface area (Å²) in [5, 5.41) is 31.5. The first kappa shape index (κ1) is 70.9. The Hall–Kier alpha value is -4.10. The Labute approximate surface area is 467 Å². The van der Waals surface area contributed by atoms with Crippen molar-refractivity contribution in [3.8, 4) is 0 Å². The van der Waals surface area contributed by atoms with E-state index in [2.05, 4.69) is 106 Å². The molecule has 0 aromatic heterocycles. The number of aliphatic carboxylic acids is 1. The Morgan fingerprint density at radius 2 is 0.818 bits per heavy atom. The minimum atomic E-state index is -1.91. The van der Waals surface area contributed by atoms with Crippen LogP contribution in [0.25, 0.3) is 0 Å². The molecule has 0 aromatic carbocycles. The Kier molecular flexibility index (Phi) is 48.4. The fraction of sp³-hybridized carbons (Fsp3) is 0.723. The van der Waals surface area contributed by atoms with Crippen LogP contribution in [0.4, 0.5) is 0 Å². The van der Waals surface area contributed by atoms with Gasteiger partial charge in [-0.25, -0.2) is 4.79 Å². The number of hydrogen-bond acceptors (Lipinski definition) is 11. The number of hydrogen-bond donors (Lipinski definition) is 3. The van der Waals surface area contributed by atoms with E-state index in [9.17, 15) is 34.5 Å². The number of carboxylic acids is 1. The van der Waals surface area contributed by atoms with Crippen molar-refractivity contribution in [1.82, 2.24) is 0 Å². The summed E-state index contributed by atoms with van der Waals surface area (Å²) in [5.74, 6) is -3.18. The summed E-state index contributed by atoms with van der Waals surface area (Å²) in [6, 6.07) is 0. The zero-order valence-electron chi connectivity index (χ0n) is 48.4. The van der Waals surface area contributed by atoms with Gasteiger partial charge in [-0.1, -0.05) is 228 Å². The van der Waals surface area contributed by atoms with Gasteiger partial charge in [0.25, 0.3) is 0 Å². The van der Waals surface area contributed by atoms with Gasteiger partial charge in [-0.15, -0.1) is 0 Å². The second kappa shape index (κ2) is 52.6. The molecule has 3 N–H and O–H groups in total. The minimum Gasteiger partial charge on any atom is -0.479 e. The fourth-order valence-electron chi connectivity index (χ4n) is 8.84. The smallest absolute Gasteiger partial charge is 0.335 e. The van der Waals surface area contributed by atoms with Crippen LogP contribution < -0.4 is 0 Å². The van der Waals surface area contributed by atoms with Crippen molar-refractivity contribution < 1.29 is 58.2 Å². The Morgan fingerprint density at radius 3 is 1.27 bits per heavy atom. The van der Waals surface area contributed by atoms with Gasteiger partial charge in [0.2, 0.25) is 0 Å². The predicted molar refractivity (Wildman–Crippen MR) is 312 cm³/mol. The number of ether oxygens (including phenoxy) is 5. The lowest BCUT2D eigenvalue weighted by molar-refractivity contribution is -0.301. The number of rotatable bonds is 51. The molecule has 1 aliphatic heterocycles. The van der Waals surface area contributed by atoms with Crippen LogP contribution >= 0.6 is 0 Å². The van der Waals surface area contributed by atoms with Gasteiger partial charge in [0, 0.05) is 19.3 Å². The Morgan fingerprint density at radius 1 is 0.442 bits per heavy atom. The topological polar surface area (TPSA) is 175 Å². The molecule has 1 saturated heterocycles. The minimum absolute atomic E-state index is 0.0549. The summed E-state index contributed by atoms with van der Waals surface area (Å²) < 4.78 is 28.4. The molecule has 0 aromatic rings. The molecule has 1 heterocycles. The summed E-state index contributed by atoms with van der Waals surface area (Å²) in [4.78, 5) is 51.2. The van der Waals surface area contributed by atoms with Gasteiger partial charge in [0.15, 0.2) is 24.6 Å². The predicted octanol–water partition coefficient (Wildman–Crippen LogP) is 15.9. The Balaban J connectivity index is 2.71. The number of esters is 3. The van der Waals surface area contributed by atoms with Crippen molar-refractivity contribution in [2.75, 3.05) is 13.2 Å². The van der Waals surface area contributed by atoms with E-state index in [0.29, 0.717) is 19.3 Å². The highest BCUT2D eigenvalue weighted by Gasteiger charge is 2.50. The molecule has 0 aliphatic carbocycles. The van der Waals surface area contributed by atoms with Crippen LogP contribution in [0.3, 0.4) is 0 Å². The van der Waals surface area contributed by atoms with Crippen LogP contribution in [0, 0.1) is 0 Å². The molecule has 0 spiro atoms. The molecule has 1 fully saturated rings. The third-order valence-corrected chi connectivity index (χ3v) is 13.5. The largest absolute Gasteiger partial charge is 0.479 e. The normalized spacial score (nSPS) is 18.6. The second-order valence-corrected chi connectivity index (χ2v) is 20.6. The molecular weight excluding hydrogens is 973 g/mol. The van der Waals surface area contributed by atoms with E-state index in [4.69, 9.17) is 23.7 Å². The number of aliphatic hydroxyl groups is 2. The van der Waals surface area contributed by atoms with Crippen LogP contribution in [0.1, 0.15) is 252 Å². The highest BCUT2D eigenvalue weighted by Crippen LogP contribution is 2.26. The number of unbranched alkanes of at least 4 members (excludes halogenated alkanes) is 23. The standard InChI is InChI=1S/C65H108O12/c1-4-7-10-13-16-19-22-25-28-29-32-33-36-39-42-45-48-51-57(66)73-54-56(75-58(67)52-49-46-43-40-37-34-30-26-23-20-17-14-11-8-5-2)55-74-65-63(61(70)60(69)62(77-65)64(71)72)76-59(68)53-50-47-44-41-38-35-31-27-24-21-18-15-12-9-6-3/h7-8,10-11,16-17,19-20,25-26,28,30,37,40,56,60-63,65,69-70H,4-6,9,12-15,18,21-24,27,29,31-36,38-39,41-55H2,1-3H3,(H,71,72)/b10-7-,11-8-,19-16-,20-17-,28-25-,30-26-,40-37-. The van der Waals surface area contributed by atoms with Crippen LogP contribution in [-0.4, -0.2) is 89.2 Å². The molecule has 12 heteroatoms. The molecule has 6 unspecified atom stereocenters. The number of carboxylic acid groups (broad SMARTS) is 1. The molecule has 77 heavy (non-hydrogen) atoms. The third-order valence-electron chi connectivity index (χ3n) is 13.5. The van der Waals surface area contributed by atoms with Gasteiger partial charge < -0.3 is 39.0 Å². The van der Waals surface area contributed by atoms with E-state index in [0.717, 1.165) is 122 Å². The maximum atomic E-state index is 13.1. The lowest BCUT2D eigenvalue weighted by Gasteiger charge is -2.40. The van der Waals surface area contributed by atoms with Crippen molar-refractivity contribution in [1.29, 1.82) is 0 Å². The van der Waals surface area contributed by atoms with Crippen molar-refractivity contribution >= 4 is 23.9 Å². The van der Waals surface area contributed by atoms with E-state index in [1.54, 1.807) is 0 Å². The summed E-state index contributed by atoms with van der Waals surface area (Å²) in [5.41, 5.74) is 0. The zero-order valence-corrected chi connectivity index (χ0v) is 48.4. The lowest BCUT2D eigenvalue weighted by Crippen LogP contribution is -2.61. The van der Waals surface area contributed by atoms with Crippen molar-refractivity contribution in [2.24, 2.45) is 0 Å². The highest BCUT2D eigenvalue weighted by molar-refractivity contribution is 5.74. The van der Waals surface area contributed by atoms with Crippen molar-refractivity contribution in [3.63, 3.8) is 0 Å². The third kappa shape index (κ3) is 42.5. The van der Waals surface area contributed by atoms with Gasteiger partial charge in [0.1, 0.15) is 18.8 Å². The molecule has 1 rings (SSSR count). The molecule has 440 valence electrons. The molecule has 0 saturated carbocycles. The first-order valence-electron chi connectivity index (χ1n) is 30.6. The van der Waals surface area contributed by atoms with Crippen LogP contribution in [-0.2, 0) is 42.9 Å². The van der Waals surface area contributed by atoms with E-state index in [1.165, 1.54) is 70.6 Å². The summed E-state index contributed by atoms with van der Waals surface area (Å²) in [7, 11) is 0. The SMILES string of the molecule is CC/C=C\C/C=C\C/C=C\C/C=C\CCCCC(=O)OC(COC(=O)CCCCCCCCC/C=C\C/C=C\C/C=C\CC)COC1OC(C(=O)O)C(O)C(O)C1OC(=O)CCCCCCCCCCCCCCCCC. The molecule has 0 amide bonds. The molecule has 0 bridgehead atoms. The van der Waals surface area contributed by atoms with Crippen LogP contribution in [0.15, 0.2) is 85.1 Å². The molecule has 6 atom stereocenters. The lowest BCUT2D eigenvalue weighted by atomic mass is 9.98. The number of carbonyl (C=O) groups excluding carboxylic acids is 3. The van der Waals surface area contributed by atoms with Gasteiger partial charge in [-0.05, 0) is 89.9 Å². The quantitative estimate of drug-likeness (QED) is 0.0228. The zero-order chi connectivity index (χ0) is 56.1. The highest BCUT2D eigenvalue weighted by atomic mass is 16.7. The van der Waals surface area contributed by atoms with Gasteiger partial charge >= 0.3 is 23.9 Å². The monoisotopic (exact) mass is 1080 g/mol. The first-order valence-corrected chi connectivity index (χ1v) is 30.6. The average molecular weight is 1080 g/mol. The van der Waals surface area contributed by atoms with E-state index < -0.39 is 67.3 Å². The number of aliphatic hydroxyl groups excluding tert-OH is 2. The number of allylic oxidation sites excluding steroid dienone is 14. The van der Waals surface area contributed by atoms with E-state index >= 15 is 0 Å². The van der Waals surface area contributed by atoms with Gasteiger partial charge in [0.05, 0.1) is 6.61 Å². The van der Waals surface area contributed by atoms with E-state index in [-0.39, 0.29) is 25.9 Å². The summed E-state index contributed by atoms with van der Waals surface area (Å²) in [6.07, 6.45) is 55.5. The van der Waals surface area contributed by atoms with Crippen LogP contribution in [0.2, 0.25) is 0 Å². The maximum absolute atomic E-state index is 13.1. The summed E-state index contributed by atoms with van der Waals surface area (Å²) in [6.45, 7) is 5.74.